The lowest BCUT2D eigenvalue weighted by atomic mass is 10.1. The largest absolute Gasteiger partial charge is 1.00 e. The number of benzene rings is 1. The number of hydrogen-bond acceptors (Lipinski definition) is 1. The van der Waals surface area contributed by atoms with Gasteiger partial charge in [-0.05, 0) is 24.3 Å². The van der Waals surface area contributed by atoms with E-state index < -0.39 is 0 Å². The maximum absolute atomic E-state index is 12.6. The second-order valence-corrected chi connectivity index (χ2v) is 4.69. The molecule has 16 heavy (non-hydrogen) atoms. The monoisotopic (exact) mass is 337 g/mol. The highest BCUT2D eigenvalue weighted by Crippen LogP contribution is 2.07. The second-order valence-electron chi connectivity index (χ2n) is 4.69. The zero-order chi connectivity index (χ0) is 11.5. The van der Waals surface area contributed by atoms with Crippen LogP contribution in [0.5, 0.6) is 0 Å². The van der Waals surface area contributed by atoms with E-state index in [0.29, 0.717) is 12.0 Å². The van der Waals surface area contributed by atoms with Crippen LogP contribution in [0.25, 0.3) is 0 Å². The van der Waals surface area contributed by atoms with Crippen LogP contribution in [0.3, 0.4) is 0 Å². The Morgan fingerprint density at radius 3 is 2.12 bits per heavy atom. The van der Waals surface area contributed by atoms with Gasteiger partial charge in [-0.3, -0.25) is 4.79 Å². The molecule has 0 fully saturated rings. The van der Waals surface area contributed by atoms with E-state index in [9.17, 15) is 9.18 Å². The van der Waals surface area contributed by atoms with E-state index >= 15 is 0 Å². The zero-order valence-corrected chi connectivity index (χ0v) is 12.0. The molecule has 1 aromatic carbocycles. The van der Waals surface area contributed by atoms with Crippen molar-refractivity contribution in [1.29, 1.82) is 0 Å². The van der Waals surface area contributed by atoms with Crippen LogP contribution >= 0.6 is 0 Å². The van der Waals surface area contributed by atoms with Crippen molar-refractivity contribution in [3.05, 3.63) is 35.6 Å². The standard InChI is InChI=1S/C12H17FNO.HI/c1-14(2,3)9-8-12(15)10-4-6-11(13)7-5-10;/h4-7H,8-9H2,1-3H3;1H/q+1;/p-1. The quantitative estimate of drug-likeness (QED) is 0.396. The van der Waals surface area contributed by atoms with Crippen molar-refractivity contribution in [1.82, 2.24) is 0 Å². The Morgan fingerprint density at radius 2 is 1.69 bits per heavy atom. The maximum atomic E-state index is 12.6. The predicted octanol–water partition coefficient (Wildman–Crippen LogP) is -0.891. The van der Waals surface area contributed by atoms with Gasteiger partial charge >= 0.3 is 0 Å². The lowest BCUT2D eigenvalue weighted by molar-refractivity contribution is -0.869. The second kappa shape index (κ2) is 6.30. The molecule has 0 aliphatic heterocycles. The van der Waals surface area contributed by atoms with E-state index in [1.165, 1.54) is 24.3 Å². The van der Waals surface area contributed by atoms with Gasteiger partial charge in [0.1, 0.15) is 5.82 Å². The SMILES string of the molecule is C[N+](C)(C)CCC(=O)c1ccc(F)cc1.[I-]. The molecular formula is C12H17FINO. The molecule has 2 nitrogen and oxygen atoms in total. The Labute approximate surface area is 113 Å². The van der Waals surface area contributed by atoms with Gasteiger partial charge in [0.2, 0.25) is 0 Å². The number of hydrogen-bond donors (Lipinski definition) is 0. The van der Waals surface area contributed by atoms with Crippen LogP contribution in [-0.2, 0) is 0 Å². The van der Waals surface area contributed by atoms with Crippen molar-refractivity contribution in [3.63, 3.8) is 0 Å². The molecule has 0 aliphatic carbocycles. The fourth-order valence-corrected chi connectivity index (χ4v) is 1.22. The Hall–Kier alpha value is -0.490. The van der Waals surface area contributed by atoms with Crippen LogP contribution in [-0.4, -0.2) is 38.0 Å². The minimum absolute atomic E-state index is 0. The lowest BCUT2D eigenvalue weighted by Crippen LogP contribution is -3.00. The smallest absolute Gasteiger partial charge is 0.168 e. The normalized spacial score (nSPS) is 10.8. The van der Waals surface area contributed by atoms with E-state index in [1.807, 2.05) is 21.1 Å². The molecule has 0 aliphatic rings. The van der Waals surface area contributed by atoms with Crippen molar-refractivity contribution in [2.24, 2.45) is 0 Å². The predicted molar refractivity (Wildman–Crippen MR) is 58.2 cm³/mol. The molecule has 0 heterocycles. The van der Waals surface area contributed by atoms with E-state index in [-0.39, 0.29) is 35.6 Å². The van der Waals surface area contributed by atoms with Gasteiger partial charge in [-0.2, -0.15) is 0 Å². The molecule has 0 radical (unpaired) electrons. The molecule has 0 N–H and O–H groups in total. The van der Waals surface area contributed by atoms with Gasteiger partial charge in [-0.15, -0.1) is 0 Å². The Morgan fingerprint density at radius 1 is 1.19 bits per heavy atom. The average Bonchev–Trinajstić information content (AvgIpc) is 2.14. The zero-order valence-electron chi connectivity index (χ0n) is 9.84. The number of halogens is 2. The van der Waals surface area contributed by atoms with Gasteiger partial charge in [0, 0.05) is 5.56 Å². The van der Waals surface area contributed by atoms with Crippen molar-refractivity contribution in [2.75, 3.05) is 27.7 Å². The van der Waals surface area contributed by atoms with Crippen molar-refractivity contribution < 1.29 is 37.6 Å². The van der Waals surface area contributed by atoms with Crippen LogP contribution in [0.15, 0.2) is 24.3 Å². The van der Waals surface area contributed by atoms with Crippen LogP contribution < -0.4 is 24.0 Å². The maximum Gasteiger partial charge on any atom is 0.168 e. The third-order valence-electron chi connectivity index (χ3n) is 2.18. The highest BCUT2D eigenvalue weighted by atomic mass is 127. The molecule has 1 aromatic rings. The summed E-state index contributed by atoms with van der Waals surface area (Å²) in [5.74, 6) is -0.235. The summed E-state index contributed by atoms with van der Waals surface area (Å²) in [7, 11) is 6.12. The van der Waals surface area contributed by atoms with Crippen LogP contribution in [0.4, 0.5) is 4.39 Å². The number of ketones is 1. The molecule has 0 saturated carbocycles. The van der Waals surface area contributed by atoms with Gasteiger partial charge in [0.15, 0.2) is 5.78 Å². The first kappa shape index (κ1) is 15.5. The minimum Gasteiger partial charge on any atom is -1.00 e. The summed E-state index contributed by atoms with van der Waals surface area (Å²) in [4.78, 5) is 11.7. The number of nitrogens with zero attached hydrogens (tertiary/aromatic N) is 1. The van der Waals surface area contributed by atoms with Gasteiger partial charge < -0.3 is 28.5 Å². The molecule has 1 rings (SSSR count). The number of Topliss-reactive ketones (excluding diaryl/α,β-unsaturated/α-hetero) is 1. The molecule has 0 saturated heterocycles. The number of rotatable bonds is 4. The Balaban J connectivity index is 0.00000225. The van der Waals surface area contributed by atoms with Gasteiger partial charge in [-0.1, -0.05) is 0 Å². The molecule has 0 unspecified atom stereocenters. The first-order valence-electron chi connectivity index (χ1n) is 4.98. The number of carbonyl (C=O) groups is 1. The van der Waals surface area contributed by atoms with Crippen LogP contribution in [0.1, 0.15) is 16.8 Å². The van der Waals surface area contributed by atoms with E-state index in [4.69, 9.17) is 0 Å². The third-order valence-corrected chi connectivity index (χ3v) is 2.18. The molecule has 90 valence electrons. The molecule has 0 aromatic heterocycles. The molecule has 0 spiro atoms. The van der Waals surface area contributed by atoms with E-state index in [2.05, 4.69) is 0 Å². The van der Waals surface area contributed by atoms with Gasteiger partial charge in [0.25, 0.3) is 0 Å². The average molecular weight is 337 g/mol. The van der Waals surface area contributed by atoms with Gasteiger partial charge in [0.05, 0.1) is 34.1 Å². The van der Waals surface area contributed by atoms with E-state index in [1.54, 1.807) is 0 Å². The Bertz CT molecular complexity index is 343. The molecular weight excluding hydrogens is 320 g/mol. The molecule has 4 heteroatoms. The Kier molecular flexibility index (Phi) is 6.10. The molecule has 0 amide bonds. The van der Waals surface area contributed by atoms with Gasteiger partial charge in [-0.25, -0.2) is 4.39 Å². The fraction of sp³-hybridized carbons (Fsp3) is 0.417. The highest BCUT2D eigenvalue weighted by molar-refractivity contribution is 5.96. The summed E-state index contributed by atoms with van der Waals surface area (Å²) in [6, 6.07) is 5.71. The molecule has 0 bridgehead atoms. The summed E-state index contributed by atoms with van der Waals surface area (Å²) in [6.07, 6.45) is 0.495. The summed E-state index contributed by atoms with van der Waals surface area (Å²) >= 11 is 0. The van der Waals surface area contributed by atoms with E-state index in [0.717, 1.165) is 11.0 Å². The van der Waals surface area contributed by atoms with Crippen LogP contribution in [0.2, 0.25) is 0 Å². The van der Waals surface area contributed by atoms with Crippen molar-refractivity contribution in [3.8, 4) is 0 Å². The van der Waals surface area contributed by atoms with Crippen LogP contribution in [0, 0.1) is 5.82 Å². The first-order valence-corrected chi connectivity index (χ1v) is 4.98. The summed E-state index contributed by atoms with van der Waals surface area (Å²) in [6.45, 7) is 0.788. The highest BCUT2D eigenvalue weighted by Gasteiger charge is 2.12. The minimum atomic E-state index is -0.307. The van der Waals surface area contributed by atoms with Crippen molar-refractivity contribution >= 4 is 5.78 Å². The lowest BCUT2D eigenvalue weighted by Gasteiger charge is -2.23. The third kappa shape index (κ3) is 5.55. The van der Waals surface area contributed by atoms with Crippen molar-refractivity contribution in [2.45, 2.75) is 6.42 Å². The summed E-state index contributed by atoms with van der Waals surface area (Å²) in [5, 5.41) is 0. The fourth-order valence-electron chi connectivity index (χ4n) is 1.22. The number of quaternary nitrogens is 1. The first-order chi connectivity index (χ1) is 6.88. The molecule has 0 atom stereocenters. The topological polar surface area (TPSA) is 17.1 Å². The number of carbonyl (C=O) groups excluding carboxylic acids is 1. The summed E-state index contributed by atoms with van der Waals surface area (Å²) in [5.41, 5.74) is 0.588. The summed E-state index contributed by atoms with van der Waals surface area (Å²) < 4.78 is 13.4.